The fourth-order valence-electron chi connectivity index (χ4n) is 3.35. The van der Waals surface area contributed by atoms with Gasteiger partial charge in [-0.05, 0) is 60.5 Å². The van der Waals surface area contributed by atoms with Gasteiger partial charge in [0.05, 0.1) is 5.92 Å². The molecular weight excluding hydrogens is 388 g/mol. The van der Waals surface area contributed by atoms with E-state index in [4.69, 9.17) is 16.0 Å². The molecule has 0 fully saturated rings. The van der Waals surface area contributed by atoms with Gasteiger partial charge >= 0.3 is 0 Å². The van der Waals surface area contributed by atoms with Gasteiger partial charge in [0, 0.05) is 16.2 Å². The average Bonchev–Trinajstić information content (AvgIpc) is 3.20. The molecule has 146 valence electrons. The monoisotopic (exact) mass is 408 g/mol. The topological polar surface area (TPSA) is 13.1 Å². The third kappa shape index (κ3) is 4.92. The average molecular weight is 409 g/mol. The molecule has 2 heteroatoms. The first-order chi connectivity index (χ1) is 14.7. The number of benzene rings is 3. The van der Waals surface area contributed by atoms with E-state index in [0.717, 1.165) is 33.8 Å². The fourth-order valence-corrected chi connectivity index (χ4v) is 3.48. The summed E-state index contributed by atoms with van der Waals surface area (Å²) in [5, 5.41) is 0.703. The molecule has 0 saturated carbocycles. The van der Waals surface area contributed by atoms with Gasteiger partial charge in [-0.3, -0.25) is 0 Å². The van der Waals surface area contributed by atoms with Crippen LogP contribution in [0.15, 0.2) is 107 Å². The van der Waals surface area contributed by atoms with Crippen molar-refractivity contribution in [2.75, 3.05) is 0 Å². The maximum absolute atomic E-state index is 6.06. The summed E-state index contributed by atoms with van der Waals surface area (Å²) in [6.45, 7) is 1.96. The number of rotatable bonds is 4. The SMILES string of the molecule is Cc1ccc(C(/C(C#Cc2ccc(Cl)cc2)=C/c2ccccc2)c2ccccc2)o1. The van der Waals surface area contributed by atoms with E-state index in [0.29, 0.717) is 5.02 Å². The summed E-state index contributed by atoms with van der Waals surface area (Å²) in [4.78, 5) is 0. The van der Waals surface area contributed by atoms with Crippen LogP contribution in [0, 0.1) is 18.8 Å². The molecule has 0 aliphatic rings. The molecule has 4 rings (SSSR count). The van der Waals surface area contributed by atoms with Crippen LogP contribution in [-0.4, -0.2) is 0 Å². The fraction of sp³-hybridized carbons (Fsp3) is 0.0714. The predicted molar refractivity (Wildman–Crippen MR) is 124 cm³/mol. The molecule has 1 aromatic heterocycles. The van der Waals surface area contributed by atoms with Crippen molar-refractivity contribution in [3.05, 3.63) is 136 Å². The maximum atomic E-state index is 6.06. The lowest BCUT2D eigenvalue weighted by molar-refractivity contribution is 0.478. The van der Waals surface area contributed by atoms with Crippen LogP contribution in [0.4, 0.5) is 0 Å². The van der Waals surface area contributed by atoms with Gasteiger partial charge in [-0.15, -0.1) is 0 Å². The van der Waals surface area contributed by atoms with Gasteiger partial charge in [0.2, 0.25) is 0 Å². The first kappa shape index (κ1) is 19.8. The van der Waals surface area contributed by atoms with Crippen LogP contribution in [-0.2, 0) is 0 Å². The Hall–Kier alpha value is -3.47. The zero-order chi connectivity index (χ0) is 20.8. The van der Waals surface area contributed by atoms with E-state index in [2.05, 4.69) is 42.2 Å². The van der Waals surface area contributed by atoms with Crippen LogP contribution in [0.5, 0.6) is 0 Å². The lowest BCUT2D eigenvalue weighted by atomic mass is 9.87. The second-order valence-electron chi connectivity index (χ2n) is 7.06. The zero-order valence-corrected chi connectivity index (χ0v) is 17.4. The summed E-state index contributed by atoms with van der Waals surface area (Å²) in [5.41, 5.74) is 4.12. The minimum atomic E-state index is -0.0973. The van der Waals surface area contributed by atoms with E-state index in [-0.39, 0.29) is 5.92 Å². The Labute approximate surface area is 182 Å². The maximum Gasteiger partial charge on any atom is 0.116 e. The molecule has 0 saturated heterocycles. The zero-order valence-electron chi connectivity index (χ0n) is 16.7. The van der Waals surface area contributed by atoms with Gasteiger partial charge in [-0.2, -0.15) is 0 Å². The second kappa shape index (κ2) is 9.35. The molecule has 0 N–H and O–H groups in total. The Kier molecular flexibility index (Phi) is 6.18. The number of hydrogen-bond acceptors (Lipinski definition) is 1. The van der Waals surface area contributed by atoms with Crippen molar-refractivity contribution in [2.24, 2.45) is 0 Å². The van der Waals surface area contributed by atoms with Crippen LogP contribution >= 0.6 is 11.6 Å². The van der Waals surface area contributed by atoms with E-state index in [9.17, 15) is 0 Å². The Balaban J connectivity index is 1.86. The van der Waals surface area contributed by atoms with Crippen molar-refractivity contribution in [3.8, 4) is 11.8 Å². The Morgan fingerprint density at radius 3 is 2.13 bits per heavy atom. The normalized spacial score (nSPS) is 12.1. The minimum absolute atomic E-state index is 0.0973. The summed E-state index contributed by atoms with van der Waals surface area (Å²) in [6, 6.07) is 32.2. The van der Waals surface area contributed by atoms with Crippen LogP contribution in [0.3, 0.4) is 0 Å². The van der Waals surface area contributed by atoms with E-state index in [1.165, 1.54) is 0 Å². The summed E-state index contributed by atoms with van der Waals surface area (Å²) in [6.07, 6.45) is 2.14. The molecule has 0 aliphatic carbocycles. The van der Waals surface area contributed by atoms with E-state index < -0.39 is 0 Å². The van der Waals surface area contributed by atoms with Gasteiger partial charge in [0.15, 0.2) is 0 Å². The number of halogens is 1. The molecule has 4 aromatic rings. The molecular formula is C28H21ClO. The quantitative estimate of drug-likeness (QED) is 0.318. The highest BCUT2D eigenvalue weighted by Crippen LogP contribution is 2.34. The third-order valence-corrected chi connectivity index (χ3v) is 5.06. The molecule has 1 heterocycles. The van der Waals surface area contributed by atoms with Gasteiger partial charge in [0.1, 0.15) is 11.5 Å². The lowest BCUT2D eigenvalue weighted by Crippen LogP contribution is -2.03. The molecule has 1 nitrogen and oxygen atoms in total. The van der Waals surface area contributed by atoms with Crippen molar-refractivity contribution >= 4 is 17.7 Å². The number of allylic oxidation sites excluding steroid dienone is 1. The largest absolute Gasteiger partial charge is 0.465 e. The first-order valence-electron chi connectivity index (χ1n) is 9.84. The molecule has 0 amide bonds. The highest BCUT2D eigenvalue weighted by molar-refractivity contribution is 6.30. The molecule has 0 spiro atoms. The molecule has 30 heavy (non-hydrogen) atoms. The lowest BCUT2D eigenvalue weighted by Gasteiger charge is -2.16. The first-order valence-corrected chi connectivity index (χ1v) is 10.2. The Bertz CT molecular complexity index is 1190. The molecule has 1 unspecified atom stereocenters. The van der Waals surface area contributed by atoms with Crippen molar-refractivity contribution in [3.63, 3.8) is 0 Å². The Morgan fingerprint density at radius 2 is 1.50 bits per heavy atom. The van der Waals surface area contributed by atoms with Gasteiger partial charge in [-0.1, -0.05) is 84.1 Å². The number of aryl methyl sites for hydroxylation is 1. The van der Waals surface area contributed by atoms with Crippen molar-refractivity contribution in [1.29, 1.82) is 0 Å². The second-order valence-corrected chi connectivity index (χ2v) is 7.50. The van der Waals surface area contributed by atoms with Gasteiger partial charge in [-0.25, -0.2) is 0 Å². The van der Waals surface area contributed by atoms with Crippen LogP contribution in [0.1, 0.15) is 34.1 Å². The smallest absolute Gasteiger partial charge is 0.116 e. The molecule has 0 aliphatic heterocycles. The summed E-state index contributed by atoms with van der Waals surface area (Å²) < 4.78 is 6.06. The molecule has 0 bridgehead atoms. The van der Waals surface area contributed by atoms with Crippen LogP contribution < -0.4 is 0 Å². The van der Waals surface area contributed by atoms with E-state index in [1.807, 2.05) is 79.7 Å². The van der Waals surface area contributed by atoms with Gasteiger partial charge in [0.25, 0.3) is 0 Å². The Morgan fingerprint density at radius 1 is 0.833 bits per heavy atom. The summed E-state index contributed by atoms with van der Waals surface area (Å²) in [5.74, 6) is 8.39. The van der Waals surface area contributed by atoms with E-state index >= 15 is 0 Å². The molecule has 0 radical (unpaired) electrons. The van der Waals surface area contributed by atoms with E-state index in [1.54, 1.807) is 0 Å². The molecule has 3 aromatic carbocycles. The summed E-state index contributed by atoms with van der Waals surface area (Å²) in [7, 11) is 0. The molecule has 1 atom stereocenters. The summed E-state index contributed by atoms with van der Waals surface area (Å²) >= 11 is 6.02. The van der Waals surface area contributed by atoms with Crippen molar-refractivity contribution in [2.45, 2.75) is 12.8 Å². The van der Waals surface area contributed by atoms with Crippen LogP contribution in [0.2, 0.25) is 5.02 Å². The van der Waals surface area contributed by atoms with Crippen LogP contribution in [0.25, 0.3) is 6.08 Å². The number of furan rings is 1. The standard InChI is InChI=1S/C28H21ClO/c1-21-12-19-27(30-21)28(24-10-6-3-7-11-24)25(20-23-8-4-2-5-9-23)16-13-22-14-17-26(29)18-15-22/h2-12,14-15,17-20,28H,1H3/b25-20+. The highest BCUT2D eigenvalue weighted by atomic mass is 35.5. The predicted octanol–water partition coefficient (Wildman–Crippen LogP) is 7.51. The van der Waals surface area contributed by atoms with Gasteiger partial charge < -0.3 is 4.42 Å². The van der Waals surface area contributed by atoms with Crippen molar-refractivity contribution < 1.29 is 4.42 Å². The van der Waals surface area contributed by atoms with Crippen molar-refractivity contribution in [1.82, 2.24) is 0 Å². The number of hydrogen-bond donors (Lipinski definition) is 0. The third-order valence-electron chi connectivity index (χ3n) is 4.81. The highest BCUT2D eigenvalue weighted by Gasteiger charge is 2.21. The minimum Gasteiger partial charge on any atom is -0.465 e.